The fourth-order valence-corrected chi connectivity index (χ4v) is 3.87. The summed E-state index contributed by atoms with van der Waals surface area (Å²) < 4.78 is 52.0. The first-order valence-corrected chi connectivity index (χ1v) is 12.7. The highest BCUT2D eigenvalue weighted by Crippen LogP contribution is 2.30. The van der Waals surface area contributed by atoms with Gasteiger partial charge in [-0.25, -0.2) is 4.39 Å². The molecule has 5 rings (SSSR count). The van der Waals surface area contributed by atoms with Crippen molar-refractivity contribution in [2.24, 2.45) is 0 Å². The summed E-state index contributed by atoms with van der Waals surface area (Å²) in [6.45, 7) is 5.83. The van der Waals surface area contributed by atoms with Crippen molar-refractivity contribution >= 4 is 17.6 Å². The van der Waals surface area contributed by atoms with Gasteiger partial charge in [-0.1, -0.05) is 30.3 Å². The zero-order valence-corrected chi connectivity index (χ0v) is 22.1. The number of nitrogens with one attached hydrogen (secondary N) is 3. The van der Waals surface area contributed by atoms with E-state index in [1.807, 2.05) is 44.2 Å². The Morgan fingerprint density at radius 3 is 2.50 bits per heavy atom. The molecule has 1 aliphatic heterocycles. The summed E-state index contributed by atoms with van der Waals surface area (Å²) in [5.41, 5.74) is 1.41. The number of ether oxygens (including phenoxy) is 4. The van der Waals surface area contributed by atoms with E-state index < -0.39 is 30.1 Å². The molecule has 3 N–H and O–H groups in total. The maximum absolute atomic E-state index is 15.6. The number of halogens is 2. The molecule has 0 spiro atoms. The monoisotopic (exact) mass is 553 g/mol. The molecular formula is C27H29F2N7O4. The van der Waals surface area contributed by atoms with Crippen LogP contribution in [0.1, 0.15) is 44.4 Å². The second-order valence-corrected chi connectivity index (χ2v) is 9.34. The second-order valence-electron chi connectivity index (χ2n) is 9.34. The average Bonchev–Trinajstić information content (AvgIpc) is 3.38. The Labute approximate surface area is 229 Å². The fraction of sp³-hybridized carbons (Fsp3) is 0.333. The molecule has 210 valence electrons. The summed E-state index contributed by atoms with van der Waals surface area (Å²) in [4.78, 5) is 12.6. The van der Waals surface area contributed by atoms with Crippen molar-refractivity contribution in [2.45, 2.75) is 45.3 Å². The number of nitrogens with zero attached hydrogens (tertiary/aromatic N) is 4. The third-order valence-electron chi connectivity index (χ3n) is 5.74. The number of rotatable bonds is 10. The molecule has 40 heavy (non-hydrogen) atoms. The van der Waals surface area contributed by atoms with E-state index in [0.717, 1.165) is 11.8 Å². The van der Waals surface area contributed by atoms with Crippen LogP contribution < -0.4 is 20.1 Å². The molecule has 1 fully saturated rings. The predicted octanol–water partition coefficient (Wildman–Crippen LogP) is 5.07. The Morgan fingerprint density at radius 2 is 1.80 bits per heavy atom. The van der Waals surface area contributed by atoms with E-state index >= 15 is 4.39 Å². The van der Waals surface area contributed by atoms with Crippen LogP contribution in [0.2, 0.25) is 0 Å². The summed E-state index contributed by atoms with van der Waals surface area (Å²) >= 11 is 0. The molecule has 0 unspecified atom stereocenters. The molecule has 1 saturated heterocycles. The van der Waals surface area contributed by atoms with Gasteiger partial charge in [0, 0.05) is 11.6 Å². The largest absolute Gasteiger partial charge is 0.474 e. The van der Waals surface area contributed by atoms with Crippen LogP contribution in [0.15, 0.2) is 54.7 Å². The summed E-state index contributed by atoms with van der Waals surface area (Å²) in [7, 11) is 0. The molecule has 1 aromatic carbocycles. The smallest absolute Gasteiger partial charge is 0.258 e. The third kappa shape index (κ3) is 6.79. The Hall–Kier alpha value is -4.36. The maximum atomic E-state index is 15.6. The molecule has 3 aromatic heterocycles. The van der Waals surface area contributed by atoms with E-state index in [0.29, 0.717) is 17.4 Å². The van der Waals surface area contributed by atoms with E-state index in [1.165, 1.54) is 12.1 Å². The van der Waals surface area contributed by atoms with Crippen LogP contribution in [0.3, 0.4) is 0 Å². The molecule has 0 radical (unpaired) electrons. The first-order chi connectivity index (χ1) is 19.3. The molecule has 0 bridgehead atoms. The topological polar surface area (TPSA) is 128 Å². The van der Waals surface area contributed by atoms with E-state index in [9.17, 15) is 4.39 Å². The van der Waals surface area contributed by atoms with Gasteiger partial charge >= 0.3 is 0 Å². The van der Waals surface area contributed by atoms with Crippen LogP contribution in [0.25, 0.3) is 0 Å². The molecule has 4 heterocycles. The minimum Gasteiger partial charge on any atom is -0.474 e. The van der Waals surface area contributed by atoms with Crippen LogP contribution in [0.5, 0.6) is 11.8 Å². The molecular weight excluding hydrogens is 524 g/mol. The second kappa shape index (κ2) is 12.2. The highest BCUT2D eigenvalue weighted by molar-refractivity contribution is 5.57. The molecule has 1 atom stereocenters. The number of H-pyrrole nitrogens is 1. The number of anilines is 3. The quantitative estimate of drug-likeness (QED) is 0.245. The Bertz CT molecular complexity index is 1400. The summed E-state index contributed by atoms with van der Waals surface area (Å²) in [6.07, 6.45) is -0.149. The number of pyridine rings is 1. The molecule has 1 aliphatic rings. The van der Waals surface area contributed by atoms with Gasteiger partial charge in [0.25, 0.3) is 5.88 Å². The normalized spacial score (nSPS) is 17.9. The zero-order chi connectivity index (χ0) is 28.1. The van der Waals surface area contributed by atoms with Crippen molar-refractivity contribution in [1.29, 1.82) is 0 Å². The van der Waals surface area contributed by atoms with Gasteiger partial charge in [-0.05, 0) is 32.9 Å². The first kappa shape index (κ1) is 27.2. The summed E-state index contributed by atoms with van der Waals surface area (Å²) in [5, 5.41) is 12.7. The first-order valence-electron chi connectivity index (χ1n) is 12.7. The van der Waals surface area contributed by atoms with Crippen molar-refractivity contribution < 1.29 is 27.7 Å². The standard InChI is InChI=1S/C27H29F2N7O4/c1-15(2)39-22-11-21(35-36-22)32-24-23(29)25(34-27(33-24)31-16(3)20-10-9-18(28)12-30-20)40-19-13-37-26(38-14-19)17-7-5-4-6-8-17/h4-12,15-16,19,26H,13-14H2,1-3H3,(H3,31,32,33,34,35,36)/t16-,19?,26?/m0/s1. The van der Waals surface area contributed by atoms with E-state index in [-0.39, 0.29) is 37.0 Å². The van der Waals surface area contributed by atoms with Crippen molar-refractivity contribution in [1.82, 2.24) is 25.1 Å². The average molecular weight is 554 g/mol. The van der Waals surface area contributed by atoms with Crippen LogP contribution in [-0.2, 0) is 9.47 Å². The number of benzene rings is 1. The molecule has 13 heteroatoms. The van der Waals surface area contributed by atoms with Crippen LogP contribution in [-0.4, -0.2) is 50.6 Å². The highest BCUT2D eigenvalue weighted by Gasteiger charge is 2.28. The van der Waals surface area contributed by atoms with Gasteiger partial charge in [-0.15, -0.1) is 5.10 Å². The lowest BCUT2D eigenvalue weighted by Gasteiger charge is -2.29. The molecule has 11 nitrogen and oxygen atoms in total. The van der Waals surface area contributed by atoms with Gasteiger partial charge in [0.15, 0.2) is 12.1 Å². The summed E-state index contributed by atoms with van der Waals surface area (Å²) in [5.74, 6) is -1.04. The van der Waals surface area contributed by atoms with E-state index in [2.05, 4.69) is 35.8 Å². The van der Waals surface area contributed by atoms with E-state index in [4.69, 9.17) is 18.9 Å². The van der Waals surface area contributed by atoms with Gasteiger partial charge in [0.05, 0.1) is 37.3 Å². The van der Waals surface area contributed by atoms with Crippen LogP contribution in [0.4, 0.5) is 26.4 Å². The molecule has 0 aliphatic carbocycles. The van der Waals surface area contributed by atoms with Crippen molar-refractivity contribution in [2.75, 3.05) is 23.8 Å². The van der Waals surface area contributed by atoms with Gasteiger partial charge < -0.3 is 29.6 Å². The lowest BCUT2D eigenvalue weighted by atomic mass is 10.2. The number of aromatic amines is 1. The number of hydrogen-bond donors (Lipinski definition) is 3. The lowest BCUT2D eigenvalue weighted by Crippen LogP contribution is -2.36. The summed E-state index contributed by atoms with van der Waals surface area (Å²) in [6, 6.07) is 13.5. The van der Waals surface area contributed by atoms with E-state index in [1.54, 1.807) is 13.0 Å². The molecule has 4 aromatic rings. The lowest BCUT2D eigenvalue weighted by molar-refractivity contribution is -0.216. The number of aromatic nitrogens is 5. The SMILES string of the molecule is CC(C)Oc1cc(Nc2nc(N[C@@H](C)c3ccc(F)cn3)nc(OC3COC(c4ccccc4)OC3)c2F)[nH]n1. The highest BCUT2D eigenvalue weighted by atomic mass is 19.1. The third-order valence-corrected chi connectivity index (χ3v) is 5.74. The molecule has 0 amide bonds. The van der Waals surface area contributed by atoms with Gasteiger partial charge in [0.2, 0.25) is 17.6 Å². The van der Waals surface area contributed by atoms with Gasteiger partial charge in [-0.2, -0.15) is 14.4 Å². The predicted molar refractivity (Wildman–Crippen MR) is 141 cm³/mol. The van der Waals surface area contributed by atoms with Crippen molar-refractivity contribution in [3.05, 3.63) is 77.6 Å². The van der Waals surface area contributed by atoms with Crippen molar-refractivity contribution in [3.8, 4) is 11.8 Å². The Kier molecular flexibility index (Phi) is 8.31. The van der Waals surface area contributed by atoms with Crippen LogP contribution >= 0.6 is 0 Å². The minimum absolute atomic E-state index is 0.0514. The van der Waals surface area contributed by atoms with Crippen molar-refractivity contribution in [3.63, 3.8) is 0 Å². The van der Waals surface area contributed by atoms with Gasteiger partial charge in [-0.3, -0.25) is 10.1 Å². The minimum atomic E-state index is -0.829. The zero-order valence-electron chi connectivity index (χ0n) is 22.1. The maximum Gasteiger partial charge on any atom is 0.258 e. The Balaban J connectivity index is 1.35. The number of hydrogen-bond acceptors (Lipinski definition) is 10. The van der Waals surface area contributed by atoms with Gasteiger partial charge in [0.1, 0.15) is 17.7 Å². The fourth-order valence-electron chi connectivity index (χ4n) is 3.87. The Morgan fingerprint density at radius 1 is 1.02 bits per heavy atom. The van der Waals surface area contributed by atoms with Crippen LogP contribution in [0, 0.1) is 11.6 Å². The molecule has 0 saturated carbocycles.